The first-order valence-electron chi connectivity index (χ1n) is 5.45. The Labute approximate surface area is 108 Å². The van der Waals surface area contributed by atoms with Crippen LogP contribution in [0.25, 0.3) is 0 Å². The van der Waals surface area contributed by atoms with Crippen LogP contribution in [0.1, 0.15) is 24.2 Å². The lowest BCUT2D eigenvalue weighted by Gasteiger charge is -2.10. The van der Waals surface area contributed by atoms with Crippen molar-refractivity contribution in [2.75, 3.05) is 11.9 Å². The highest BCUT2D eigenvalue weighted by molar-refractivity contribution is 6.00. The van der Waals surface area contributed by atoms with Crippen LogP contribution in [0, 0.1) is 11.6 Å². The second kappa shape index (κ2) is 6.24. The molecule has 0 heterocycles. The number of amides is 1. The van der Waals surface area contributed by atoms with Crippen LogP contribution in [-0.4, -0.2) is 29.7 Å². The van der Waals surface area contributed by atoms with Crippen molar-refractivity contribution in [2.24, 2.45) is 0 Å². The van der Waals surface area contributed by atoms with Gasteiger partial charge in [0.05, 0.1) is 17.4 Å². The number of carbonyl (C=O) groups is 2. The van der Waals surface area contributed by atoms with Gasteiger partial charge in [-0.15, -0.1) is 0 Å². The molecule has 1 aromatic carbocycles. The van der Waals surface area contributed by atoms with Gasteiger partial charge in [0.2, 0.25) is 5.91 Å². The predicted molar refractivity (Wildman–Crippen MR) is 63.0 cm³/mol. The third-order valence-electron chi connectivity index (χ3n) is 2.11. The second-order valence-electron chi connectivity index (χ2n) is 4.02. The van der Waals surface area contributed by atoms with E-state index in [9.17, 15) is 18.4 Å². The molecule has 0 aliphatic heterocycles. The SMILES string of the molecule is CC(C)OCC(=O)Nc1cc(F)c(F)cc1C(=O)O. The molecule has 0 saturated heterocycles. The Morgan fingerprint density at radius 2 is 1.89 bits per heavy atom. The summed E-state index contributed by atoms with van der Waals surface area (Å²) in [5.41, 5.74) is -0.847. The average molecular weight is 273 g/mol. The Hall–Kier alpha value is -2.02. The summed E-state index contributed by atoms with van der Waals surface area (Å²) in [6.07, 6.45) is -0.186. The Morgan fingerprint density at radius 3 is 2.42 bits per heavy atom. The molecule has 0 atom stereocenters. The zero-order valence-corrected chi connectivity index (χ0v) is 10.4. The minimum atomic E-state index is -1.47. The first-order valence-corrected chi connectivity index (χ1v) is 5.45. The smallest absolute Gasteiger partial charge is 0.337 e. The van der Waals surface area contributed by atoms with Crippen molar-refractivity contribution in [3.8, 4) is 0 Å². The molecular formula is C12H13F2NO4. The van der Waals surface area contributed by atoms with Gasteiger partial charge in [-0.3, -0.25) is 4.79 Å². The number of rotatable bonds is 5. The van der Waals surface area contributed by atoms with E-state index in [1.54, 1.807) is 13.8 Å². The molecule has 0 radical (unpaired) electrons. The molecule has 2 N–H and O–H groups in total. The third kappa shape index (κ3) is 4.29. The minimum Gasteiger partial charge on any atom is -0.478 e. The molecule has 0 spiro atoms. The highest BCUT2D eigenvalue weighted by Crippen LogP contribution is 2.20. The van der Waals surface area contributed by atoms with E-state index in [0.717, 1.165) is 0 Å². The van der Waals surface area contributed by atoms with Crippen molar-refractivity contribution in [3.05, 3.63) is 29.3 Å². The summed E-state index contributed by atoms with van der Waals surface area (Å²) in [7, 11) is 0. The van der Waals surface area contributed by atoms with Crippen molar-refractivity contribution in [3.63, 3.8) is 0 Å². The summed E-state index contributed by atoms with van der Waals surface area (Å²) in [5, 5.41) is 11.0. The van der Waals surface area contributed by atoms with Gasteiger partial charge in [0.1, 0.15) is 6.61 Å². The Bertz CT molecular complexity index is 503. The van der Waals surface area contributed by atoms with E-state index in [1.165, 1.54) is 0 Å². The van der Waals surface area contributed by atoms with E-state index >= 15 is 0 Å². The van der Waals surface area contributed by atoms with E-state index in [0.29, 0.717) is 12.1 Å². The molecule has 1 amide bonds. The molecule has 19 heavy (non-hydrogen) atoms. The minimum absolute atomic E-state index is 0.186. The summed E-state index contributed by atoms with van der Waals surface area (Å²) >= 11 is 0. The van der Waals surface area contributed by atoms with Gasteiger partial charge >= 0.3 is 5.97 Å². The molecule has 104 valence electrons. The van der Waals surface area contributed by atoms with E-state index in [-0.39, 0.29) is 18.4 Å². The molecule has 0 aromatic heterocycles. The fourth-order valence-corrected chi connectivity index (χ4v) is 1.26. The van der Waals surface area contributed by atoms with Crippen LogP contribution in [0.4, 0.5) is 14.5 Å². The largest absolute Gasteiger partial charge is 0.478 e. The van der Waals surface area contributed by atoms with E-state index in [4.69, 9.17) is 9.84 Å². The monoisotopic (exact) mass is 273 g/mol. The normalized spacial score (nSPS) is 10.6. The molecule has 7 heteroatoms. The van der Waals surface area contributed by atoms with Crippen LogP contribution < -0.4 is 5.32 Å². The molecule has 0 aliphatic rings. The van der Waals surface area contributed by atoms with Gasteiger partial charge in [-0.25, -0.2) is 13.6 Å². The van der Waals surface area contributed by atoms with Crippen molar-refractivity contribution >= 4 is 17.6 Å². The maximum atomic E-state index is 13.0. The molecule has 1 rings (SSSR count). The third-order valence-corrected chi connectivity index (χ3v) is 2.11. The molecule has 0 fully saturated rings. The van der Waals surface area contributed by atoms with Crippen LogP contribution in [0.2, 0.25) is 0 Å². The lowest BCUT2D eigenvalue weighted by Crippen LogP contribution is -2.22. The average Bonchev–Trinajstić information content (AvgIpc) is 2.30. The molecule has 0 bridgehead atoms. The Balaban J connectivity index is 2.90. The number of carboxylic acid groups (broad SMARTS) is 1. The number of aromatic carboxylic acids is 1. The molecule has 0 unspecified atom stereocenters. The summed E-state index contributed by atoms with van der Waals surface area (Å²) in [5.74, 6) is -4.67. The van der Waals surface area contributed by atoms with Gasteiger partial charge in [-0.05, 0) is 19.9 Å². The molecule has 0 saturated carbocycles. The second-order valence-corrected chi connectivity index (χ2v) is 4.02. The Morgan fingerprint density at radius 1 is 1.32 bits per heavy atom. The number of nitrogens with one attached hydrogen (secondary N) is 1. The van der Waals surface area contributed by atoms with Gasteiger partial charge in [0.25, 0.3) is 0 Å². The molecule has 5 nitrogen and oxygen atoms in total. The number of hydrogen-bond donors (Lipinski definition) is 2. The van der Waals surface area contributed by atoms with Crippen molar-refractivity contribution in [1.29, 1.82) is 0 Å². The fraction of sp³-hybridized carbons (Fsp3) is 0.333. The van der Waals surface area contributed by atoms with Gasteiger partial charge in [-0.1, -0.05) is 0 Å². The summed E-state index contributed by atoms with van der Waals surface area (Å²) in [6, 6.07) is 1.13. The number of halogens is 2. The first-order chi connectivity index (χ1) is 8.81. The summed E-state index contributed by atoms with van der Waals surface area (Å²) in [4.78, 5) is 22.3. The topological polar surface area (TPSA) is 75.6 Å². The maximum Gasteiger partial charge on any atom is 0.337 e. The van der Waals surface area contributed by atoms with Gasteiger partial charge in [-0.2, -0.15) is 0 Å². The van der Waals surface area contributed by atoms with Crippen LogP contribution in [0.3, 0.4) is 0 Å². The number of carboxylic acids is 1. The lowest BCUT2D eigenvalue weighted by atomic mass is 10.1. The van der Waals surface area contributed by atoms with E-state index in [1.807, 2.05) is 0 Å². The predicted octanol–water partition coefficient (Wildman–Crippen LogP) is 2.03. The highest BCUT2D eigenvalue weighted by atomic mass is 19.2. The fourth-order valence-electron chi connectivity index (χ4n) is 1.26. The van der Waals surface area contributed by atoms with Gasteiger partial charge < -0.3 is 15.2 Å². The number of hydrogen-bond acceptors (Lipinski definition) is 3. The molecule has 1 aromatic rings. The number of anilines is 1. The standard InChI is InChI=1S/C12H13F2NO4/c1-6(2)19-5-11(16)15-10-4-9(14)8(13)3-7(10)12(17)18/h3-4,6H,5H2,1-2H3,(H,15,16)(H,17,18). The van der Waals surface area contributed by atoms with Crippen LogP contribution in [0.15, 0.2) is 12.1 Å². The van der Waals surface area contributed by atoms with Crippen LogP contribution >= 0.6 is 0 Å². The molecule has 0 aliphatic carbocycles. The quantitative estimate of drug-likeness (QED) is 0.860. The van der Waals surface area contributed by atoms with Crippen LogP contribution in [0.5, 0.6) is 0 Å². The highest BCUT2D eigenvalue weighted by Gasteiger charge is 2.17. The van der Waals surface area contributed by atoms with E-state index < -0.39 is 29.1 Å². The number of carbonyl (C=O) groups excluding carboxylic acids is 1. The number of ether oxygens (including phenoxy) is 1. The van der Waals surface area contributed by atoms with Gasteiger partial charge in [0, 0.05) is 6.07 Å². The van der Waals surface area contributed by atoms with Crippen molar-refractivity contribution in [1.82, 2.24) is 0 Å². The zero-order valence-electron chi connectivity index (χ0n) is 10.4. The molecular weight excluding hydrogens is 260 g/mol. The zero-order chi connectivity index (χ0) is 14.6. The number of benzene rings is 1. The van der Waals surface area contributed by atoms with Gasteiger partial charge in [0.15, 0.2) is 11.6 Å². The first kappa shape index (κ1) is 15.0. The van der Waals surface area contributed by atoms with Crippen LogP contribution in [-0.2, 0) is 9.53 Å². The summed E-state index contributed by atoms with van der Waals surface area (Å²) < 4.78 is 31.0. The van der Waals surface area contributed by atoms with Crippen molar-refractivity contribution < 1.29 is 28.2 Å². The van der Waals surface area contributed by atoms with E-state index in [2.05, 4.69) is 5.32 Å². The lowest BCUT2D eigenvalue weighted by molar-refractivity contribution is -0.121. The maximum absolute atomic E-state index is 13.0. The Kier molecular flexibility index (Phi) is 4.94. The summed E-state index contributed by atoms with van der Waals surface area (Å²) in [6.45, 7) is 3.12. The van der Waals surface area contributed by atoms with Crippen molar-refractivity contribution in [2.45, 2.75) is 20.0 Å².